The number of benzene rings is 1. The molecule has 1 aromatic carbocycles. The Morgan fingerprint density at radius 1 is 1.22 bits per heavy atom. The molecule has 0 fully saturated rings. The van der Waals surface area contributed by atoms with Gasteiger partial charge in [0.1, 0.15) is 6.61 Å². The van der Waals surface area contributed by atoms with Crippen LogP contribution in [0.5, 0.6) is 0 Å². The second-order valence-corrected chi connectivity index (χ2v) is 6.95. The van der Waals surface area contributed by atoms with Gasteiger partial charge in [0.2, 0.25) is 0 Å². The van der Waals surface area contributed by atoms with E-state index in [-0.39, 0.29) is 12.5 Å². The van der Waals surface area contributed by atoms with E-state index in [2.05, 4.69) is 46.9 Å². The Hall–Kier alpha value is -2.48. The molecule has 0 saturated carbocycles. The Labute approximate surface area is 162 Å². The molecular weight excluding hydrogens is 362 g/mol. The molecule has 0 bridgehead atoms. The van der Waals surface area contributed by atoms with Crippen LogP contribution in [-0.4, -0.2) is 42.4 Å². The Morgan fingerprint density at radius 3 is 2.74 bits per heavy atom. The fourth-order valence-corrected chi connectivity index (χ4v) is 3.64. The molecule has 0 aliphatic rings. The van der Waals surface area contributed by atoms with Crippen molar-refractivity contribution >= 4 is 22.4 Å². The number of aryl methyl sites for hydroxylation is 1. The number of amides is 1. The van der Waals surface area contributed by atoms with Crippen LogP contribution in [-0.2, 0) is 14.3 Å². The van der Waals surface area contributed by atoms with Crippen molar-refractivity contribution in [3.05, 3.63) is 53.2 Å². The van der Waals surface area contributed by atoms with Crippen molar-refractivity contribution in [2.45, 2.75) is 13.8 Å². The first kappa shape index (κ1) is 19.3. The molecular formula is C20H23N3O3S. The van der Waals surface area contributed by atoms with Gasteiger partial charge < -0.3 is 14.0 Å². The molecule has 3 aromatic rings. The Kier molecular flexibility index (Phi) is 6.39. The summed E-state index contributed by atoms with van der Waals surface area (Å²) in [5.74, 6) is -0.221. The molecule has 6 nitrogen and oxygen atoms in total. The van der Waals surface area contributed by atoms with Crippen LogP contribution in [0, 0.1) is 13.8 Å². The highest BCUT2D eigenvalue weighted by molar-refractivity contribution is 7.14. The van der Waals surface area contributed by atoms with E-state index in [1.807, 2.05) is 23.6 Å². The lowest BCUT2D eigenvalue weighted by molar-refractivity contribution is -0.121. The Balaban J connectivity index is 1.73. The SMILES string of the molecule is COCCOCC(=O)Nc1nc(-c2cc(C)n(-c3ccccc3)c2C)cs1. The highest BCUT2D eigenvalue weighted by atomic mass is 32.1. The van der Waals surface area contributed by atoms with E-state index < -0.39 is 0 Å². The summed E-state index contributed by atoms with van der Waals surface area (Å²) in [6.45, 7) is 5.00. The van der Waals surface area contributed by atoms with Crippen LogP contribution in [0.3, 0.4) is 0 Å². The predicted molar refractivity (Wildman–Crippen MR) is 108 cm³/mol. The molecule has 1 N–H and O–H groups in total. The van der Waals surface area contributed by atoms with Crippen LogP contribution in [0.25, 0.3) is 16.9 Å². The number of nitrogens with one attached hydrogen (secondary N) is 1. The molecule has 2 aromatic heterocycles. The first-order chi connectivity index (χ1) is 13.1. The number of thiazole rings is 1. The predicted octanol–water partition coefficient (Wildman–Crippen LogP) is 3.82. The van der Waals surface area contributed by atoms with E-state index in [0.717, 1.165) is 28.3 Å². The van der Waals surface area contributed by atoms with Crippen molar-refractivity contribution < 1.29 is 14.3 Å². The number of hydrogen-bond acceptors (Lipinski definition) is 5. The number of para-hydroxylation sites is 1. The normalized spacial score (nSPS) is 10.9. The average molecular weight is 385 g/mol. The number of hydrogen-bond donors (Lipinski definition) is 1. The number of methoxy groups -OCH3 is 1. The number of carbonyl (C=O) groups excluding carboxylic acids is 1. The number of rotatable bonds is 8. The maximum Gasteiger partial charge on any atom is 0.252 e. The molecule has 27 heavy (non-hydrogen) atoms. The van der Waals surface area contributed by atoms with Crippen LogP contribution in [0.2, 0.25) is 0 Å². The third kappa shape index (κ3) is 4.63. The molecule has 0 radical (unpaired) electrons. The molecule has 0 saturated heterocycles. The maximum absolute atomic E-state index is 11.9. The van der Waals surface area contributed by atoms with Crippen LogP contribution in [0.4, 0.5) is 5.13 Å². The quantitative estimate of drug-likeness (QED) is 0.599. The van der Waals surface area contributed by atoms with Crippen molar-refractivity contribution in [2.24, 2.45) is 0 Å². The fourth-order valence-electron chi connectivity index (χ4n) is 2.91. The lowest BCUT2D eigenvalue weighted by atomic mass is 10.2. The highest BCUT2D eigenvalue weighted by Crippen LogP contribution is 2.31. The third-order valence-electron chi connectivity index (χ3n) is 4.14. The second-order valence-electron chi connectivity index (χ2n) is 6.09. The maximum atomic E-state index is 11.9. The fraction of sp³-hybridized carbons (Fsp3) is 0.300. The molecule has 2 heterocycles. The van der Waals surface area contributed by atoms with Gasteiger partial charge >= 0.3 is 0 Å². The number of anilines is 1. The van der Waals surface area contributed by atoms with Gasteiger partial charge in [0.25, 0.3) is 5.91 Å². The second kappa shape index (κ2) is 8.94. The van der Waals surface area contributed by atoms with E-state index >= 15 is 0 Å². The molecule has 142 valence electrons. The van der Waals surface area contributed by atoms with Gasteiger partial charge in [-0.05, 0) is 32.0 Å². The molecule has 3 rings (SSSR count). The monoisotopic (exact) mass is 385 g/mol. The topological polar surface area (TPSA) is 65.4 Å². The minimum absolute atomic E-state index is 0.0131. The Morgan fingerprint density at radius 2 is 2.00 bits per heavy atom. The van der Waals surface area contributed by atoms with Gasteiger partial charge in [0.05, 0.1) is 18.9 Å². The molecule has 0 atom stereocenters. The van der Waals surface area contributed by atoms with Gasteiger partial charge in [-0.2, -0.15) is 0 Å². The summed E-state index contributed by atoms with van der Waals surface area (Å²) in [6, 6.07) is 12.3. The van der Waals surface area contributed by atoms with Crippen molar-refractivity contribution in [1.82, 2.24) is 9.55 Å². The molecule has 0 aliphatic carbocycles. The smallest absolute Gasteiger partial charge is 0.252 e. The summed E-state index contributed by atoms with van der Waals surface area (Å²) in [4.78, 5) is 16.5. The molecule has 1 amide bonds. The number of aromatic nitrogens is 2. The van der Waals surface area contributed by atoms with Crippen LogP contribution in [0.1, 0.15) is 11.4 Å². The van der Waals surface area contributed by atoms with E-state index in [4.69, 9.17) is 9.47 Å². The Bertz CT molecular complexity index is 903. The van der Waals surface area contributed by atoms with Gasteiger partial charge in [-0.1, -0.05) is 18.2 Å². The average Bonchev–Trinajstić information content (AvgIpc) is 3.23. The lowest BCUT2D eigenvalue weighted by Gasteiger charge is -2.09. The van der Waals surface area contributed by atoms with E-state index in [0.29, 0.717) is 18.3 Å². The minimum Gasteiger partial charge on any atom is -0.382 e. The third-order valence-corrected chi connectivity index (χ3v) is 4.89. The lowest BCUT2D eigenvalue weighted by Crippen LogP contribution is -2.19. The minimum atomic E-state index is -0.221. The molecule has 0 unspecified atom stereocenters. The van der Waals surface area contributed by atoms with Gasteiger partial charge in [0, 0.05) is 35.1 Å². The summed E-state index contributed by atoms with van der Waals surface area (Å²) < 4.78 is 12.3. The van der Waals surface area contributed by atoms with Crippen LogP contribution >= 0.6 is 11.3 Å². The summed E-state index contributed by atoms with van der Waals surface area (Å²) >= 11 is 1.40. The molecule has 7 heteroatoms. The van der Waals surface area contributed by atoms with Crippen molar-refractivity contribution in [2.75, 3.05) is 32.2 Å². The van der Waals surface area contributed by atoms with Gasteiger partial charge in [-0.3, -0.25) is 10.1 Å². The van der Waals surface area contributed by atoms with Crippen LogP contribution < -0.4 is 5.32 Å². The van der Waals surface area contributed by atoms with E-state index in [1.165, 1.54) is 11.3 Å². The van der Waals surface area contributed by atoms with Crippen molar-refractivity contribution in [3.63, 3.8) is 0 Å². The van der Waals surface area contributed by atoms with E-state index in [1.54, 1.807) is 7.11 Å². The highest BCUT2D eigenvalue weighted by Gasteiger charge is 2.15. The zero-order valence-corrected chi connectivity index (χ0v) is 16.5. The van der Waals surface area contributed by atoms with Gasteiger partial charge in [-0.15, -0.1) is 11.3 Å². The zero-order valence-electron chi connectivity index (χ0n) is 15.7. The zero-order chi connectivity index (χ0) is 19.2. The number of nitrogens with zero attached hydrogens (tertiary/aromatic N) is 2. The molecule has 0 aliphatic heterocycles. The van der Waals surface area contributed by atoms with Gasteiger partial charge in [0.15, 0.2) is 5.13 Å². The molecule has 0 spiro atoms. The summed E-state index contributed by atoms with van der Waals surface area (Å²) in [5.41, 5.74) is 5.29. The first-order valence-electron chi connectivity index (χ1n) is 8.67. The summed E-state index contributed by atoms with van der Waals surface area (Å²) in [7, 11) is 1.59. The standard InChI is InChI=1S/C20H23N3O3S/c1-14-11-17(15(2)23(14)16-7-5-4-6-8-16)18-13-27-20(21-18)22-19(24)12-26-10-9-25-3/h4-8,11,13H,9-10,12H2,1-3H3,(H,21,22,24). The number of carbonyl (C=O) groups is 1. The van der Waals surface area contributed by atoms with Crippen molar-refractivity contribution in [1.29, 1.82) is 0 Å². The summed E-state index contributed by atoms with van der Waals surface area (Å²) in [6.07, 6.45) is 0. The van der Waals surface area contributed by atoms with E-state index in [9.17, 15) is 4.79 Å². The number of ether oxygens (including phenoxy) is 2. The van der Waals surface area contributed by atoms with Crippen LogP contribution in [0.15, 0.2) is 41.8 Å². The van der Waals surface area contributed by atoms with Crippen molar-refractivity contribution in [3.8, 4) is 16.9 Å². The van der Waals surface area contributed by atoms with Gasteiger partial charge in [-0.25, -0.2) is 4.98 Å². The summed E-state index contributed by atoms with van der Waals surface area (Å²) in [5, 5.41) is 5.30. The largest absolute Gasteiger partial charge is 0.382 e. The first-order valence-corrected chi connectivity index (χ1v) is 9.55.